The lowest BCUT2D eigenvalue weighted by Crippen LogP contribution is -2.42. The second-order valence-electron chi connectivity index (χ2n) is 7.65. The molecule has 0 aliphatic heterocycles. The van der Waals surface area contributed by atoms with Crippen molar-refractivity contribution in [2.45, 2.75) is 53.0 Å². The Morgan fingerprint density at radius 1 is 1.33 bits per heavy atom. The highest BCUT2D eigenvalue weighted by Gasteiger charge is 2.69. The maximum absolute atomic E-state index is 12.6. The van der Waals surface area contributed by atoms with E-state index in [4.69, 9.17) is 6.42 Å². The summed E-state index contributed by atoms with van der Waals surface area (Å²) in [5.74, 6) is 8.83. The van der Waals surface area contributed by atoms with Gasteiger partial charge in [0.1, 0.15) is 0 Å². The van der Waals surface area contributed by atoms with Crippen molar-refractivity contribution in [1.29, 1.82) is 0 Å². The number of rotatable bonds is 5. The number of carbonyl (C=O) groups is 1. The van der Waals surface area contributed by atoms with Gasteiger partial charge >= 0.3 is 0 Å². The van der Waals surface area contributed by atoms with E-state index in [2.05, 4.69) is 32.0 Å². The van der Waals surface area contributed by atoms with E-state index in [0.717, 1.165) is 41.9 Å². The monoisotopic (exact) mass is 287 g/mol. The fourth-order valence-corrected chi connectivity index (χ4v) is 6.04. The molecular formula is C19H29NO. The Morgan fingerprint density at radius 2 is 2.00 bits per heavy atom. The van der Waals surface area contributed by atoms with Gasteiger partial charge in [0.2, 0.25) is 5.91 Å². The zero-order valence-electron chi connectivity index (χ0n) is 13.8. The molecule has 3 aliphatic rings. The van der Waals surface area contributed by atoms with Gasteiger partial charge in [-0.25, -0.2) is 0 Å². The maximum atomic E-state index is 12.6. The molecule has 116 valence electrons. The first-order chi connectivity index (χ1) is 10.0. The van der Waals surface area contributed by atoms with Crippen LogP contribution in [0.25, 0.3) is 0 Å². The van der Waals surface area contributed by atoms with Crippen molar-refractivity contribution in [3.63, 3.8) is 0 Å². The molecule has 0 heterocycles. The van der Waals surface area contributed by atoms with E-state index in [9.17, 15) is 4.79 Å². The van der Waals surface area contributed by atoms with Crippen molar-refractivity contribution < 1.29 is 4.79 Å². The molecule has 2 bridgehead atoms. The van der Waals surface area contributed by atoms with Crippen LogP contribution in [-0.4, -0.2) is 11.9 Å². The lowest BCUT2D eigenvalue weighted by molar-refractivity contribution is -0.128. The summed E-state index contributed by atoms with van der Waals surface area (Å²) in [5.41, 5.74) is 0. The third-order valence-corrected chi connectivity index (χ3v) is 6.98. The Hall–Kier alpha value is -0.970. The molecule has 2 heteroatoms. The number of nitrogens with one attached hydrogen (secondary N) is 1. The first-order valence-electron chi connectivity index (χ1n) is 8.81. The Morgan fingerprint density at radius 3 is 2.57 bits per heavy atom. The topological polar surface area (TPSA) is 29.1 Å². The number of terminal acetylenes is 1. The molecule has 1 N–H and O–H groups in total. The molecule has 3 fully saturated rings. The number of amides is 1. The summed E-state index contributed by atoms with van der Waals surface area (Å²) >= 11 is 0. The third-order valence-electron chi connectivity index (χ3n) is 6.98. The summed E-state index contributed by atoms with van der Waals surface area (Å²) in [4.78, 5) is 12.6. The van der Waals surface area contributed by atoms with Crippen molar-refractivity contribution in [3.8, 4) is 12.3 Å². The molecule has 3 aliphatic carbocycles. The summed E-state index contributed by atoms with van der Waals surface area (Å²) in [5, 5.41) is 3.06. The minimum atomic E-state index is -0.105. The molecule has 9 unspecified atom stereocenters. The molecule has 3 rings (SSSR count). The average molecular weight is 287 g/mol. The van der Waals surface area contributed by atoms with Gasteiger partial charge in [-0.15, -0.1) is 6.42 Å². The van der Waals surface area contributed by atoms with Crippen molar-refractivity contribution in [2.24, 2.45) is 47.3 Å². The van der Waals surface area contributed by atoms with Gasteiger partial charge in [0.25, 0.3) is 0 Å². The van der Waals surface area contributed by atoms with E-state index in [0.29, 0.717) is 5.92 Å². The minimum absolute atomic E-state index is 0.105. The van der Waals surface area contributed by atoms with Crippen LogP contribution in [0.3, 0.4) is 0 Å². The van der Waals surface area contributed by atoms with Gasteiger partial charge in [-0.05, 0) is 54.3 Å². The van der Waals surface area contributed by atoms with Gasteiger partial charge < -0.3 is 5.32 Å². The van der Waals surface area contributed by atoms with Gasteiger partial charge in [-0.3, -0.25) is 4.79 Å². The molecule has 0 aromatic carbocycles. The maximum Gasteiger partial charge on any atom is 0.224 e. The first kappa shape index (κ1) is 14.9. The Kier molecular flexibility index (Phi) is 3.80. The average Bonchev–Trinajstić information content (AvgIpc) is 2.88. The van der Waals surface area contributed by atoms with Crippen LogP contribution < -0.4 is 5.32 Å². The van der Waals surface area contributed by atoms with Crippen LogP contribution in [0.15, 0.2) is 0 Å². The summed E-state index contributed by atoms with van der Waals surface area (Å²) < 4.78 is 0. The molecule has 0 spiro atoms. The zero-order chi connectivity index (χ0) is 15.3. The number of fused-ring (bicyclic) bond motifs is 5. The van der Waals surface area contributed by atoms with Gasteiger partial charge in [0.05, 0.1) is 6.04 Å². The second kappa shape index (κ2) is 5.34. The lowest BCUT2D eigenvalue weighted by Gasteiger charge is -2.34. The van der Waals surface area contributed by atoms with Crippen LogP contribution in [0.2, 0.25) is 0 Å². The fourth-order valence-electron chi connectivity index (χ4n) is 6.04. The van der Waals surface area contributed by atoms with Crippen LogP contribution in [0.4, 0.5) is 0 Å². The Labute approximate surface area is 129 Å². The lowest BCUT2D eigenvalue weighted by atomic mass is 9.71. The number of hydrogen-bond acceptors (Lipinski definition) is 1. The molecule has 21 heavy (non-hydrogen) atoms. The van der Waals surface area contributed by atoms with Crippen molar-refractivity contribution in [1.82, 2.24) is 5.32 Å². The molecule has 0 radical (unpaired) electrons. The van der Waals surface area contributed by atoms with Crippen LogP contribution in [0, 0.1) is 59.7 Å². The number of carbonyl (C=O) groups excluding carboxylic acids is 1. The molecule has 2 nitrogen and oxygen atoms in total. The molecule has 1 amide bonds. The minimum Gasteiger partial charge on any atom is -0.342 e. The van der Waals surface area contributed by atoms with Crippen molar-refractivity contribution >= 4 is 5.91 Å². The predicted molar refractivity (Wildman–Crippen MR) is 85.2 cm³/mol. The molecular weight excluding hydrogens is 258 g/mol. The summed E-state index contributed by atoms with van der Waals surface area (Å²) in [6.45, 7) is 8.88. The van der Waals surface area contributed by atoms with Gasteiger partial charge in [0, 0.05) is 5.92 Å². The largest absolute Gasteiger partial charge is 0.342 e. The van der Waals surface area contributed by atoms with E-state index in [1.54, 1.807) is 0 Å². The van der Waals surface area contributed by atoms with E-state index >= 15 is 0 Å². The molecule has 9 atom stereocenters. The van der Waals surface area contributed by atoms with Crippen LogP contribution >= 0.6 is 0 Å². The third kappa shape index (κ3) is 2.12. The smallest absolute Gasteiger partial charge is 0.224 e. The van der Waals surface area contributed by atoms with Crippen LogP contribution in [0.5, 0.6) is 0 Å². The van der Waals surface area contributed by atoms with Gasteiger partial charge in [0.15, 0.2) is 0 Å². The molecule has 0 saturated heterocycles. The van der Waals surface area contributed by atoms with E-state index in [1.807, 2.05) is 6.92 Å². The van der Waals surface area contributed by atoms with E-state index in [-0.39, 0.29) is 17.9 Å². The molecule has 0 aromatic heterocycles. The second-order valence-corrected chi connectivity index (χ2v) is 7.65. The van der Waals surface area contributed by atoms with E-state index < -0.39 is 0 Å². The summed E-state index contributed by atoms with van der Waals surface area (Å²) in [6.07, 6.45) is 8.90. The Bertz CT molecular complexity index is 463. The van der Waals surface area contributed by atoms with Crippen LogP contribution in [-0.2, 0) is 4.79 Å². The normalized spacial score (nSPS) is 45.6. The highest BCUT2D eigenvalue weighted by atomic mass is 16.1. The first-order valence-corrected chi connectivity index (χ1v) is 8.81. The fraction of sp³-hybridized carbons (Fsp3) is 0.842. The standard InChI is InChI=1S/C19H29NO/c1-6-12(7-2)20-19(21)11(5)16-13(8-3)14-9-15(16)18-10(4)17(14)18/h1,10-18H,7-9H2,2-5H3,(H,20,21). The quantitative estimate of drug-likeness (QED) is 0.772. The SMILES string of the molecule is C#CC(CC)NC(=O)C(C)C1C(CC)C2CC1C1C(C)C21. The molecule has 3 saturated carbocycles. The predicted octanol–water partition coefficient (Wildman–Crippen LogP) is 3.32. The zero-order valence-corrected chi connectivity index (χ0v) is 13.8. The van der Waals surface area contributed by atoms with E-state index in [1.165, 1.54) is 12.8 Å². The van der Waals surface area contributed by atoms with Gasteiger partial charge in [-0.2, -0.15) is 0 Å². The van der Waals surface area contributed by atoms with Crippen molar-refractivity contribution in [3.05, 3.63) is 0 Å². The number of hydrogen-bond donors (Lipinski definition) is 1. The van der Waals surface area contributed by atoms with Crippen LogP contribution in [0.1, 0.15) is 47.0 Å². The van der Waals surface area contributed by atoms with Crippen molar-refractivity contribution in [2.75, 3.05) is 0 Å². The Balaban J connectivity index is 1.71. The summed E-state index contributed by atoms with van der Waals surface area (Å²) in [6, 6.07) is -0.105. The van der Waals surface area contributed by atoms with Gasteiger partial charge in [-0.1, -0.05) is 40.0 Å². The highest BCUT2D eigenvalue weighted by molar-refractivity contribution is 5.79. The highest BCUT2D eigenvalue weighted by Crippen LogP contribution is 2.73. The summed E-state index contributed by atoms with van der Waals surface area (Å²) in [7, 11) is 0. The molecule has 0 aromatic rings.